The second-order valence-corrected chi connectivity index (χ2v) is 7.16. The monoisotopic (exact) mass is 348 g/mol. The molecule has 1 fully saturated rings. The Bertz CT molecular complexity index is 946. The first kappa shape index (κ1) is 16.9. The average Bonchev–Trinajstić information content (AvgIpc) is 2.64. The summed E-state index contributed by atoms with van der Waals surface area (Å²) in [4.78, 5) is 17.0. The molecule has 1 N–H and O–H groups in total. The van der Waals surface area contributed by atoms with Crippen LogP contribution in [0.4, 0.5) is 0 Å². The van der Waals surface area contributed by atoms with Crippen molar-refractivity contribution in [1.29, 1.82) is 0 Å². The number of H-pyrrole nitrogens is 1. The Morgan fingerprint density at radius 2 is 2.00 bits per heavy atom. The lowest BCUT2D eigenvalue weighted by Gasteiger charge is -2.33. The van der Waals surface area contributed by atoms with Crippen LogP contribution in [0.1, 0.15) is 24.0 Å². The third kappa shape index (κ3) is 3.81. The summed E-state index contributed by atoms with van der Waals surface area (Å²) in [5.41, 5.74) is 2.58. The average molecular weight is 348 g/mol. The molecule has 26 heavy (non-hydrogen) atoms. The quantitative estimate of drug-likeness (QED) is 0.778. The second-order valence-electron chi connectivity index (χ2n) is 7.16. The largest absolute Gasteiger partial charge is 0.489 e. The van der Waals surface area contributed by atoms with Crippen LogP contribution in [0.15, 0.2) is 59.5 Å². The van der Waals surface area contributed by atoms with Crippen LogP contribution < -0.4 is 10.3 Å². The fourth-order valence-corrected chi connectivity index (χ4v) is 3.64. The Balaban J connectivity index is 1.43. The van der Waals surface area contributed by atoms with Crippen molar-refractivity contribution in [2.24, 2.45) is 0 Å². The molecule has 4 rings (SSSR count). The molecule has 2 heterocycles. The number of benzene rings is 2. The Hall–Kier alpha value is -2.59. The summed E-state index contributed by atoms with van der Waals surface area (Å²) >= 11 is 0. The molecular formula is C22H24N2O2. The van der Waals surface area contributed by atoms with Gasteiger partial charge in [-0.3, -0.25) is 9.69 Å². The number of rotatable bonds is 4. The van der Waals surface area contributed by atoms with Gasteiger partial charge in [-0.1, -0.05) is 29.8 Å². The normalized spacial score (nSPS) is 18.1. The van der Waals surface area contributed by atoms with Gasteiger partial charge in [0.15, 0.2) is 0 Å². The molecule has 1 aromatic heterocycles. The molecule has 1 aliphatic rings. The number of hydrogen-bond acceptors (Lipinski definition) is 3. The predicted octanol–water partition coefficient (Wildman–Crippen LogP) is 3.88. The maximum absolute atomic E-state index is 11.8. The summed E-state index contributed by atoms with van der Waals surface area (Å²) in [6.45, 7) is 5.13. The smallest absolute Gasteiger partial charge is 0.255 e. The lowest BCUT2D eigenvalue weighted by molar-refractivity contribution is 0.0844. The highest BCUT2D eigenvalue weighted by Crippen LogP contribution is 2.23. The molecule has 1 atom stereocenters. The molecule has 4 heteroatoms. The van der Waals surface area contributed by atoms with Gasteiger partial charge < -0.3 is 9.72 Å². The third-order valence-corrected chi connectivity index (χ3v) is 5.04. The Morgan fingerprint density at radius 3 is 2.85 bits per heavy atom. The van der Waals surface area contributed by atoms with Crippen molar-refractivity contribution in [3.8, 4) is 5.75 Å². The van der Waals surface area contributed by atoms with Crippen LogP contribution in [-0.2, 0) is 6.54 Å². The molecule has 1 aliphatic heterocycles. The van der Waals surface area contributed by atoms with E-state index in [0.717, 1.165) is 43.6 Å². The molecule has 0 amide bonds. The van der Waals surface area contributed by atoms with Crippen LogP contribution in [0.2, 0.25) is 0 Å². The zero-order valence-electron chi connectivity index (χ0n) is 15.1. The van der Waals surface area contributed by atoms with Crippen LogP contribution in [0.5, 0.6) is 5.75 Å². The van der Waals surface area contributed by atoms with E-state index in [0.29, 0.717) is 5.39 Å². The molecule has 0 saturated carbocycles. The van der Waals surface area contributed by atoms with Gasteiger partial charge in [0, 0.05) is 24.7 Å². The molecule has 3 aromatic rings. The van der Waals surface area contributed by atoms with Crippen molar-refractivity contribution < 1.29 is 4.74 Å². The van der Waals surface area contributed by atoms with Crippen LogP contribution in [0.3, 0.4) is 0 Å². The fourth-order valence-electron chi connectivity index (χ4n) is 3.64. The highest BCUT2D eigenvalue weighted by molar-refractivity contribution is 5.82. The van der Waals surface area contributed by atoms with Crippen molar-refractivity contribution in [3.63, 3.8) is 0 Å². The highest BCUT2D eigenvalue weighted by Gasteiger charge is 2.21. The molecule has 2 aromatic carbocycles. The fraction of sp³-hybridized carbons (Fsp3) is 0.318. The van der Waals surface area contributed by atoms with E-state index in [1.807, 2.05) is 24.3 Å². The number of fused-ring (bicyclic) bond motifs is 1. The number of aromatic nitrogens is 1. The van der Waals surface area contributed by atoms with Gasteiger partial charge in [-0.2, -0.15) is 0 Å². The summed E-state index contributed by atoms with van der Waals surface area (Å²) in [5, 5.41) is 1.61. The molecule has 1 saturated heterocycles. The first-order chi connectivity index (χ1) is 12.7. The van der Waals surface area contributed by atoms with E-state index in [1.165, 1.54) is 11.1 Å². The van der Waals surface area contributed by atoms with Gasteiger partial charge in [0.2, 0.25) is 0 Å². The van der Waals surface area contributed by atoms with Crippen molar-refractivity contribution in [3.05, 3.63) is 76.2 Å². The summed E-state index contributed by atoms with van der Waals surface area (Å²) in [7, 11) is 0. The summed E-state index contributed by atoms with van der Waals surface area (Å²) < 4.78 is 6.24. The SMILES string of the molecule is Cc1ccc(CN2CCCC(Oc3ccc4c(=O)[nH]ccc4c3)C2)cc1. The zero-order chi connectivity index (χ0) is 17.9. The van der Waals surface area contributed by atoms with Crippen LogP contribution in [0.25, 0.3) is 10.8 Å². The highest BCUT2D eigenvalue weighted by atomic mass is 16.5. The number of piperidine rings is 1. The third-order valence-electron chi connectivity index (χ3n) is 5.04. The Labute approximate surface area is 153 Å². The van der Waals surface area contributed by atoms with E-state index in [9.17, 15) is 4.79 Å². The maximum Gasteiger partial charge on any atom is 0.255 e. The van der Waals surface area contributed by atoms with E-state index in [2.05, 4.69) is 41.1 Å². The number of likely N-dealkylation sites (tertiary alicyclic amines) is 1. The van der Waals surface area contributed by atoms with Gasteiger partial charge in [0.25, 0.3) is 5.56 Å². The zero-order valence-corrected chi connectivity index (χ0v) is 15.1. The number of nitrogens with zero attached hydrogens (tertiary/aromatic N) is 1. The van der Waals surface area contributed by atoms with Gasteiger partial charge in [0.1, 0.15) is 11.9 Å². The summed E-state index contributed by atoms with van der Waals surface area (Å²) in [5.74, 6) is 0.838. The van der Waals surface area contributed by atoms with Crippen molar-refractivity contribution >= 4 is 10.8 Å². The van der Waals surface area contributed by atoms with E-state index in [4.69, 9.17) is 4.74 Å². The van der Waals surface area contributed by atoms with Crippen LogP contribution in [0, 0.1) is 6.92 Å². The topological polar surface area (TPSA) is 45.3 Å². The number of aromatic amines is 1. The molecule has 0 bridgehead atoms. The number of ether oxygens (including phenoxy) is 1. The van der Waals surface area contributed by atoms with Crippen molar-refractivity contribution in [1.82, 2.24) is 9.88 Å². The predicted molar refractivity (Wildman–Crippen MR) is 105 cm³/mol. The minimum absolute atomic E-state index is 0.0593. The molecule has 4 nitrogen and oxygen atoms in total. The minimum atomic E-state index is -0.0593. The van der Waals surface area contributed by atoms with E-state index in [-0.39, 0.29) is 11.7 Å². The Morgan fingerprint density at radius 1 is 1.15 bits per heavy atom. The summed E-state index contributed by atoms with van der Waals surface area (Å²) in [6, 6.07) is 16.4. The number of nitrogens with one attached hydrogen (secondary N) is 1. The molecule has 0 aliphatic carbocycles. The first-order valence-electron chi connectivity index (χ1n) is 9.23. The van der Waals surface area contributed by atoms with Crippen molar-refractivity contribution in [2.45, 2.75) is 32.4 Å². The number of pyridine rings is 1. The molecular weight excluding hydrogens is 324 g/mol. The van der Waals surface area contributed by atoms with Crippen LogP contribution in [-0.4, -0.2) is 29.1 Å². The standard InChI is InChI=1S/C22H24N2O2/c1-16-4-6-17(7-5-16)14-24-12-2-3-20(15-24)26-19-8-9-21-18(13-19)10-11-23-22(21)25/h4-11,13,20H,2-3,12,14-15H2,1H3,(H,23,25). The number of aryl methyl sites for hydroxylation is 1. The molecule has 0 radical (unpaired) electrons. The van der Waals surface area contributed by atoms with Crippen LogP contribution >= 0.6 is 0 Å². The van der Waals surface area contributed by atoms with Gasteiger partial charge in [-0.05, 0) is 61.5 Å². The number of hydrogen-bond donors (Lipinski definition) is 1. The van der Waals surface area contributed by atoms with Gasteiger partial charge in [-0.15, -0.1) is 0 Å². The lowest BCUT2D eigenvalue weighted by atomic mass is 10.1. The van der Waals surface area contributed by atoms with E-state index < -0.39 is 0 Å². The molecule has 134 valence electrons. The molecule has 0 spiro atoms. The van der Waals surface area contributed by atoms with E-state index >= 15 is 0 Å². The van der Waals surface area contributed by atoms with Gasteiger partial charge in [-0.25, -0.2) is 0 Å². The van der Waals surface area contributed by atoms with Gasteiger partial charge >= 0.3 is 0 Å². The lowest BCUT2D eigenvalue weighted by Crippen LogP contribution is -2.40. The summed E-state index contributed by atoms with van der Waals surface area (Å²) in [6.07, 6.45) is 4.08. The van der Waals surface area contributed by atoms with E-state index in [1.54, 1.807) is 6.20 Å². The Kier molecular flexibility index (Phi) is 4.76. The van der Waals surface area contributed by atoms with Crippen molar-refractivity contribution in [2.75, 3.05) is 13.1 Å². The minimum Gasteiger partial charge on any atom is -0.489 e. The maximum atomic E-state index is 11.8. The molecule has 1 unspecified atom stereocenters. The van der Waals surface area contributed by atoms with Gasteiger partial charge in [0.05, 0.1) is 0 Å². The first-order valence-corrected chi connectivity index (χ1v) is 9.23. The second kappa shape index (κ2) is 7.34.